The van der Waals surface area contributed by atoms with Crippen LogP contribution in [0.15, 0.2) is 28.9 Å². The van der Waals surface area contributed by atoms with E-state index in [0.717, 1.165) is 0 Å². The molecule has 1 amide bonds. The second-order valence-corrected chi connectivity index (χ2v) is 5.09. The molecule has 2 aromatic heterocycles. The molecule has 2 rings (SSSR count). The van der Waals surface area contributed by atoms with Gasteiger partial charge < -0.3 is 20.6 Å². The number of aromatic carboxylic acids is 1. The number of carbonyl (C=O) groups excluding carboxylic acids is 1. The Morgan fingerprint density at radius 3 is 2.73 bits per heavy atom. The average molecular weight is 303 g/mol. The molecule has 0 saturated heterocycles. The van der Waals surface area contributed by atoms with E-state index in [2.05, 4.69) is 10.3 Å². The van der Waals surface area contributed by atoms with Crippen molar-refractivity contribution in [2.45, 2.75) is 20.4 Å². The van der Waals surface area contributed by atoms with Crippen LogP contribution in [0, 0.1) is 5.92 Å². The molecule has 2 aromatic rings. The molecule has 0 spiro atoms. The molecule has 2 heterocycles. The summed E-state index contributed by atoms with van der Waals surface area (Å²) in [7, 11) is 0. The van der Waals surface area contributed by atoms with Gasteiger partial charge in [0.1, 0.15) is 17.1 Å². The molecule has 116 valence electrons. The number of nitrogens with two attached hydrogens (primary N) is 1. The van der Waals surface area contributed by atoms with Crippen LogP contribution in [0.4, 0.5) is 5.69 Å². The lowest BCUT2D eigenvalue weighted by Crippen LogP contribution is -2.26. The number of furan rings is 1. The van der Waals surface area contributed by atoms with E-state index in [-0.39, 0.29) is 29.6 Å². The van der Waals surface area contributed by atoms with Gasteiger partial charge in [-0.1, -0.05) is 13.8 Å². The number of amides is 1. The number of pyridine rings is 1. The first-order valence-corrected chi connectivity index (χ1v) is 6.73. The van der Waals surface area contributed by atoms with Gasteiger partial charge in [-0.3, -0.25) is 9.78 Å². The fourth-order valence-corrected chi connectivity index (χ4v) is 1.83. The zero-order valence-electron chi connectivity index (χ0n) is 12.3. The predicted molar refractivity (Wildman–Crippen MR) is 80.0 cm³/mol. The van der Waals surface area contributed by atoms with Crippen LogP contribution < -0.4 is 11.1 Å². The van der Waals surface area contributed by atoms with Crippen molar-refractivity contribution < 1.29 is 19.1 Å². The van der Waals surface area contributed by atoms with Gasteiger partial charge in [0.2, 0.25) is 5.91 Å². The van der Waals surface area contributed by atoms with Crippen LogP contribution >= 0.6 is 0 Å². The molecule has 0 radical (unpaired) electrons. The first kappa shape index (κ1) is 15.6. The van der Waals surface area contributed by atoms with Crippen molar-refractivity contribution in [2.24, 2.45) is 5.92 Å². The van der Waals surface area contributed by atoms with Crippen molar-refractivity contribution in [1.82, 2.24) is 10.3 Å². The molecular weight excluding hydrogens is 286 g/mol. The van der Waals surface area contributed by atoms with Gasteiger partial charge in [0.25, 0.3) is 0 Å². The Kier molecular flexibility index (Phi) is 4.45. The highest BCUT2D eigenvalue weighted by molar-refractivity contribution is 5.97. The largest absolute Gasteiger partial charge is 0.478 e. The summed E-state index contributed by atoms with van der Waals surface area (Å²) >= 11 is 0. The van der Waals surface area contributed by atoms with Crippen LogP contribution in [0.2, 0.25) is 0 Å². The third-order valence-corrected chi connectivity index (χ3v) is 3.11. The van der Waals surface area contributed by atoms with Gasteiger partial charge >= 0.3 is 5.97 Å². The van der Waals surface area contributed by atoms with Gasteiger partial charge in [0.15, 0.2) is 0 Å². The van der Waals surface area contributed by atoms with Crippen molar-refractivity contribution in [3.05, 3.63) is 35.9 Å². The number of carboxylic acids is 1. The summed E-state index contributed by atoms with van der Waals surface area (Å²) in [5, 5.41) is 11.8. The molecule has 7 nitrogen and oxygen atoms in total. The number of hydrogen-bond donors (Lipinski definition) is 3. The van der Waals surface area contributed by atoms with Gasteiger partial charge in [0, 0.05) is 18.3 Å². The number of nitrogens with one attached hydrogen (secondary N) is 1. The Balaban J connectivity index is 2.20. The number of carboxylic acid groups (broad SMARTS) is 1. The van der Waals surface area contributed by atoms with Gasteiger partial charge in [-0.05, 0) is 12.1 Å². The van der Waals surface area contributed by atoms with E-state index in [0.29, 0.717) is 17.1 Å². The van der Waals surface area contributed by atoms with Crippen molar-refractivity contribution >= 4 is 17.6 Å². The molecule has 0 saturated carbocycles. The molecule has 0 aliphatic rings. The minimum Gasteiger partial charge on any atom is -0.478 e. The lowest BCUT2D eigenvalue weighted by atomic mass is 10.1. The quantitative estimate of drug-likeness (QED) is 0.776. The first-order chi connectivity index (χ1) is 10.4. The number of rotatable bonds is 5. The van der Waals surface area contributed by atoms with E-state index < -0.39 is 5.97 Å². The minimum atomic E-state index is -1.15. The van der Waals surface area contributed by atoms with Crippen molar-refractivity contribution in [3.8, 4) is 11.3 Å². The topological polar surface area (TPSA) is 118 Å². The van der Waals surface area contributed by atoms with Crippen LogP contribution in [-0.4, -0.2) is 22.0 Å². The Hall–Kier alpha value is -2.83. The molecule has 0 atom stereocenters. The Bertz CT molecular complexity index is 707. The van der Waals surface area contributed by atoms with Crippen molar-refractivity contribution in [2.75, 3.05) is 5.73 Å². The summed E-state index contributed by atoms with van der Waals surface area (Å²) in [6.07, 6.45) is 2.63. The van der Waals surface area contributed by atoms with Gasteiger partial charge in [-0.25, -0.2) is 4.79 Å². The summed E-state index contributed by atoms with van der Waals surface area (Å²) < 4.78 is 5.59. The third kappa shape index (κ3) is 3.25. The molecule has 7 heteroatoms. The fraction of sp³-hybridized carbons (Fsp3) is 0.267. The first-order valence-electron chi connectivity index (χ1n) is 6.73. The summed E-state index contributed by atoms with van der Waals surface area (Å²) in [5.41, 5.74) is 6.25. The lowest BCUT2D eigenvalue weighted by Gasteiger charge is -2.06. The average Bonchev–Trinajstić information content (AvgIpc) is 2.93. The highest BCUT2D eigenvalue weighted by Gasteiger charge is 2.16. The van der Waals surface area contributed by atoms with Gasteiger partial charge in [-0.2, -0.15) is 0 Å². The minimum absolute atomic E-state index is 0.0768. The predicted octanol–water partition coefficient (Wildman–Crippen LogP) is 1.89. The molecule has 0 aliphatic heterocycles. The number of hydrogen-bond acceptors (Lipinski definition) is 5. The summed E-state index contributed by atoms with van der Waals surface area (Å²) in [6, 6.07) is 3.36. The molecule has 0 aliphatic carbocycles. The molecule has 0 aromatic carbocycles. The van der Waals surface area contributed by atoms with Crippen molar-refractivity contribution in [3.63, 3.8) is 0 Å². The van der Waals surface area contributed by atoms with Crippen LogP contribution in [0.1, 0.15) is 30.0 Å². The Morgan fingerprint density at radius 1 is 1.36 bits per heavy atom. The normalized spacial score (nSPS) is 10.7. The summed E-state index contributed by atoms with van der Waals surface area (Å²) in [6.45, 7) is 3.85. The third-order valence-electron chi connectivity index (χ3n) is 3.11. The monoisotopic (exact) mass is 303 g/mol. The second kappa shape index (κ2) is 6.30. The standard InChI is InChI=1S/C15H17N3O4/c1-8(2)14(19)18-5-9-3-4-12(22-9)10-6-17-7-11(13(10)16)15(20)21/h3-4,6-8H,5H2,1-2H3,(H2,16,17)(H,18,19)(H,20,21). The molecule has 0 fully saturated rings. The smallest absolute Gasteiger partial charge is 0.339 e. The molecular formula is C15H17N3O4. The highest BCUT2D eigenvalue weighted by Crippen LogP contribution is 2.29. The molecule has 0 bridgehead atoms. The van der Waals surface area contributed by atoms with E-state index in [1.54, 1.807) is 26.0 Å². The van der Waals surface area contributed by atoms with Gasteiger partial charge in [0.05, 0.1) is 17.8 Å². The van der Waals surface area contributed by atoms with E-state index in [1.807, 2.05) is 0 Å². The SMILES string of the molecule is CC(C)C(=O)NCc1ccc(-c2cncc(C(=O)O)c2N)o1. The fourth-order valence-electron chi connectivity index (χ4n) is 1.83. The maximum Gasteiger partial charge on any atom is 0.339 e. The van der Waals surface area contributed by atoms with Crippen LogP contribution in [-0.2, 0) is 11.3 Å². The zero-order chi connectivity index (χ0) is 16.3. The number of anilines is 1. The van der Waals surface area contributed by atoms with Crippen LogP contribution in [0.5, 0.6) is 0 Å². The zero-order valence-corrected chi connectivity index (χ0v) is 12.3. The second-order valence-electron chi connectivity index (χ2n) is 5.09. The van der Waals surface area contributed by atoms with E-state index in [4.69, 9.17) is 15.3 Å². The summed E-state index contributed by atoms with van der Waals surface area (Å²) in [4.78, 5) is 26.4. The Morgan fingerprint density at radius 2 is 2.09 bits per heavy atom. The Labute approximate surface area is 127 Å². The summed E-state index contributed by atoms with van der Waals surface area (Å²) in [5.74, 6) is -0.387. The number of nitrogen functional groups attached to an aromatic ring is 1. The maximum absolute atomic E-state index is 11.5. The van der Waals surface area contributed by atoms with E-state index in [9.17, 15) is 9.59 Å². The molecule has 4 N–H and O–H groups in total. The lowest BCUT2D eigenvalue weighted by molar-refractivity contribution is -0.124. The maximum atomic E-state index is 11.5. The highest BCUT2D eigenvalue weighted by atomic mass is 16.4. The number of nitrogens with zero attached hydrogens (tertiary/aromatic N) is 1. The van der Waals surface area contributed by atoms with Crippen LogP contribution in [0.25, 0.3) is 11.3 Å². The number of carbonyl (C=O) groups is 2. The van der Waals surface area contributed by atoms with E-state index >= 15 is 0 Å². The molecule has 0 unspecified atom stereocenters. The van der Waals surface area contributed by atoms with Crippen LogP contribution in [0.3, 0.4) is 0 Å². The number of aromatic nitrogens is 1. The molecule has 22 heavy (non-hydrogen) atoms. The van der Waals surface area contributed by atoms with E-state index in [1.165, 1.54) is 12.4 Å². The van der Waals surface area contributed by atoms with Crippen molar-refractivity contribution in [1.29, 1.82) is 0 Å². The van der Waals surface area contributed by atoms with Gasteiger partial charge in [-0.15, -0.1) is 0 Å².